The van der Waals surface area contributed by atoms with E-state index in [0.29, 0.717) is 15.8 Å². The summed E-state index contributed by atoms with van der Waals surface area (Å²) in [7, 11) is 0. The van der Waals surface area contributed by atoms with Crippen molar-refractivity contribution in [2.45, 2.75) is 6.92 Å². The number of pyridine rings is 1. The number of amides is 2. The minimum Gasteiger partial charge on any atom is -0.452 e. The topological polar surface area (TPSA) is 97.4 Å². The molecule has 24 heavy (non-hydrogen) atoms. The summed E-state index contributed by atoms with van der Waals surface area (Å²) < 4.78 is 5.56. The fourth-order valence-electron chi connectivity index (χ4n) is 1.78. The average molecular weight is 392 g/mol. The quantitative estimate of drug-likeness (QED) is 0.763. The van der Waals surface area contributed by atoms with Gasteiger partial charge in [0.25, 0.3) is 5.91 Å². The number of hydrogen-bond donors (Lipinski definition) is 2. The summed E-state index contributed by atoms with van der Waals surface area (Å²) in [6.07, 6.45) is 2.89. The molecule has 2 amide bonds. The van der Waals surface area contributed by atoms with Crippen LogP contribution in [0.4, 0.5) is 11.4 Å². The van der Waals surface area contributed by atoms with Gasteiger partial charge in [0.05, 0.1) is 5.56 Å². The summed E-state index contributed by atoms with van der Waals surface area (Å²) in [5.41, 5.74) is 1.39. The molecule has 0 unspecified atom stereocenters. The van der Waals surface area contributed by atoms with Gasteiger partial charge < -0.3 is 15.4 Å². The molecule has 2 aromatic rings. The largest absolute Gasteiger partial charge is 0.452 e. The third kappa shape index (κ3) is 5.47. The smallest absolute Gasteiger partial charge is 0.340 e. The molecule has 8 heteroatoms. The van der Waals surface area contributed by atoms with Gasteiger partial charge in [-0.1, -0.05) is 0 Å². The Morgan fingerprint density at radius 1 is 1.08 bits per heavy atom. The van der Waals surface area contributed by atoms with E-state index in [0.717, 1.165) is 0 Å². The first-order chi connectivity index (χ1) is 11.4. The zero-order chi connectivity index (χ0) is 17.5. The van der Waals surface area contributed by atoms with E-state index in [-0.39, 0.29) is 11.5 Å². The number of carbonyl (C=O) groups excluding carboxylic acids is 3. The molecule has 124 valence electrons. The predicted molar refractivity (Wildman–Crippen MR) is 91.6 cm³/mol. The number of esters is 1. The van der Waals surface area contributed by atoms with Crippen LogP contribution in [0, 0.1) is 0 Å². The number of aromatic nitrogens is 1. The van der Waals surface area contributed by atoms with Crippen molar-refractivity contribution >= 4 is 45.1 Å². The molecule has 0 aliphatic heterocycles. The van der Waals surface area contributed by atoms with Crippen LogP contribution in [-0.2, 0) is 14.3 Å². The number of benzene rings is 1. The van der Waals surface area contributed by atoms with Gasteiger partial charge >= 0.3 is 5.97 Å². The maximum atomic E-state index is 11.8. The van der Waals surface area contributed by atoms with E-state index in [1.807, 2.05) is 0 Å². The minimum atomic E-state index is -0.639. The Morgan fingerprint density at radius 2 is 1.71 bits per heavy atom. The molecule has 0 spiro atoms. The second-order valence-electron chi connectivity index (χ2n) is 4.77. The molecule has 0 saturated carbocycles. The van der Waals surface area contributed by atoms with Crippen molar-refractivity contribution in [1.82, 2.24) is 4.98 Å². The van der Waals surface area contributed by atoms with Crippen molar-refractivity contribution in [3.63, 3.8) is 0 Å². The fraction of sp³-hybridized carbons (Fsp3) is 0.125. The van der Waals surface area contributed by atoms with Crippen LogP contribution < -0.4 is 10.6 Å². The molecule has 0 aliphatic rings. The Kier molecular flexibility index (Phi) is 6.02. The summed E-state index contributed by atoms with van der Waals surface area (Å²) in [6, 6.07) is 8.10. The van der Waals surface area contributed by atoms with Gasteiger partial charge in [0.2, 0.25) is 5.91 Å². The van der Waals surface area contributed by atoms with E-state index in [1.165, 1.54) is 19.3 Å². The summed E-state index contributed by atoms with van der Waals surface area (Å²) >= 11 is 3.20. The van der Waals surface area contributed by atoms with E-state index in [1.54, 1.807) is 30.3 Å². The van der Waals surface area contributed by atoms with E-state index < -0.39 is 18.5 Å². The zero-order valence-electron chi connectivity index (χ0n) is 12.7. The summed E-state index contributed by atoms with van der Waals surface area (Å²) in [4.78, 5) is 38.4. The first-order valence-corrected chi connectivity index (χ1v) is 7.68. The molecular formula is C16H14BrN3O4. The highest BCUT2D eigenvalue weighted by Crippen LogP contribution is 2.14. The maximum Gasteiger partial charge on any atom is 0.340 e. The second kappa shape index (κ2) is 8.21. The van der Waals surface area contributed by atoms with Gasteiger partial charge in [0.1, 0.15) is 0 Å². The Balaban J connectivity index is 1.84. The van der Waals surface area contributed by atoms with Crippen molar-refractivity contribution in [3.8, 4) is 0 Å². The molecule has 7 nitrogen and oxygen atoms in total. The summed E-state index contributed by atoms with van der Waals surface area (Å²) in [5.74, 6) is -1.29. The molecule has 0 atom stereocenters. The van der Waals surface area contributed by atoms with Crippen molar-refractivity contribution in [2.24, 2.45) is 0 Å². The highest BCUT2D eigenvalue weighted by Gasteiger charge is 2.11. The van der Waals surface area contributed by atoms with Gasteiger partial charge in [0.15, 0.2) is 6.61 Å². The Bertz CT molecular complexity index is 762. The average Bonchev–Trinajstić information content (AvgIpc) is 2.54. The Morgan fingerprint density at radius 3 is 2.29 bits per heavy atom. The van der Waals surface area contributed by atoms with E-state index >= 15 is 0 Å². The van der Waals surface area contributed by atoms with Crippen molar-refractivity contribution in [3.05, 3.63) is 52.8 Å². The fourth-order valence-corrected chi connectivity index (χ4v) is 2.14. The monoisotopic (exact) mass is 391 g/mol. The molecule has 0 bridgehead atoms. The molecule has 1 aromatic carbocycles. The van der Waals surface area contributed by atoms with Gasteiger partial charge in [-0.15, -0.1) is 0 Å². The van der Waals surface area contributed by atoms with Crippen LogP contribution in [0.3, 0.4) is 0 Å². The van der Waals surface area contributed by atoms with Gasteiger partial charge in [0, 0.05) is 35.2 Å². The number of carbonyl (C=O) groups is 3. The number of hydrogen-bond acceptors (Lipinski definition) is 5. The molecule has 2 rings (SSSR count). The summed E-state index contributed by atoms with van der Waals surface area (Å²) in [6.45, 7) is 0.990. The molecule has 1 heterocycles. The normalized spacial score (nSPS) is 9.92. The molecule has 2 N–H and O–H groups in total. The lowest BCUT2D eigenvalue weighted by atomic mass is 10.2. The highest BCUT2D eigenvalue weighted by molar-refractivity contribution is 9.10. The first kappa shape index (κ1) is 17.6. The van der Waals surface area contributed by atoms with Gasteiger partial charge in [-0.2, -0.15) is 0 Å². The van der Waals surface area contributed by atoms with Crippen LogP contribution in [0.25, 0.3) is 0 Å². The lowest BCUT2D eigenvalue weighted by Crippen LogP contribution is -2.21. The van der Waals surface area contributed by atoms with Crippen molar-refractivity contribution in [2.75, 3.05) is 17.2 Å². The van der Waals surface area contributed by atoms with Gasteiger partial charge in [-0.05, 0) is 46.3 Å². The number of nitrogens with zero attached hydrogens (tertiary/aromatic N) is 1. The van der Waals surface area contributed by atoms with Crippen LogP contribution >= 0.6 is 15.9 Å². The third-order valence-electron chi connectivity index (χ3n) is 2.76. The SMILES string of the molecule is CC(=O)Nc1ccc(NC(=O)COC(=O)c2cncc(Br)c2)cc1. The third-order valence-corrected chi connectivity index (χ3v) is 3.20. The number of ether oxygens (including phenoxy) is 1. The number of halogens is 1. The van der Waals surface area contributed by atoms with Crippen LogP contribution in [-0.4, -0.2) is 29.4 Å². The first-order valence-electron chi connectivity index (χ1n) is 6.89. The number of rotatable bonds is 5. The highest BCUT2D eigenvalue weighted by atomic mass is 79.9. The van der Waals surface area contributed by atoms with Crippen LogP contribution in [0.2, 0.25) is 0 Å². The van der Waals surface area contributed by atoms with E-state index in [4.69, 9.17) is 4.74 Å². The minimum absolute atomic E-state index is 0.180. The maximum absolute atomic E-state index is 11.8. The Labute approximate surface area is 146 Å². The molecule has 0 fully saturated rings. The van der Waals surface area contributed by atoms with Crippen LogP contribution in [0.15, 0.2) is 47.2 Å². The number of anilines is 2. The van der Waals surface area contributed by atoms with E-state index in [2.05, 4.69) is 31.5 Å². The van der Waals surface area contributed by atoms with Crippen LogP contribution in [0.5, 0.6) is 0 Å². The number of nitrogens with one attached hydrogen (secondary N) is 2. The molecule has 0 radical (unpaired) electrons. The Hall–Kier alpha value is -2.74. The standard InChI is InChI=1S/C16H14BrN3O4/c1-10(21)19-13-2-4-14(5-3-13)20-15(22)9-24-16(23)11-6-12(17)8-18-7-11/h2-8H,9H2,1H3,(H,19,21)(H,20,22). The molecule has 0 aliphatic carbocycles. The lowest BCUT2D eigenvalue weighted by Gasteiger charge is -2.08. The van der Waals surface area contributed by atoms with Gasteiger partial charge in [-0.25, -0.2) is 4.79 Å². The lowest BCUT2D eigenvalue weighted by molar-refractivity contribution is -0.119. The molecule has 0 saturated heterocycles. The van der Waals surface area contributed by atoms with Crippen molar-refractivity contribution in [1.29, 1.82) is 0 Å². The van der Waals surface area contributed by atoms with Crippen LogP contribution in [0.1, 0.15) is 17.3 Å². The molecule has 1 aromatic heterocycles. The summed E-state index contributed by atoms with van der Waals surface area (Å²) in [5, 5.41) is 5.20. The van der Waals surface area contributed by atoms with Crippen molar-refractivity contribution < 1.29 is 19.1 Å². The second-order valence-corrected chi connectivity index (χ2v) is 5.69. The zero-order valence-corrected chi connectivity index (χ0v) is 14.3. The predicted octanol–water partition coefficient (Wildman–Crippen LogP) is 2.60. The van der Waals surface area contributed by atoms with E-state index in [9.17, 15) is 14.4 Å². The van der Waals surface area contributed by atoms with Gasteiger partial charge in [-0.3, -0.25) is 14.6 Å². The molecular weight excluding hydrogens is 378 g/mol.